The van der Waals surface area contributed by atoms with Gasteiger partial charge in [0.1, 0.15) is 6.10 Å². The summed E-state index contributed by atoms with van der Waals surface area (Å²) < 4.78 is 40.9. The second-order valence-corrected chi connectivity index (χ2v) is 3.83. The molecule has 1 aromatic carbocycles. The summed E-state index contributed by atoms with van der Waals surface area (Å²) in [6, 6.07) is 5.63. The van der Waals surface area contributed by atoms with Gasteiger partial charge >= 0.3 is 18.1 Å². The van der Waals surface area contributed by atoms with Gasteiger partial charge in [0, 0.05) is 0 Å². The van der Waals surface area contributed by atoms with Gasteiger partial charge in [-0.15, -0.1) is 0 Å². The molecule has 110 valence electrons. The lowest BCUT2D eigenvalue weighted by Gasteiger charge is -2.22. The second-order valence-electron chi connectivity index (χ2n) is 3.83. The molecule has 20 heavy (non-hydrogen) atoms. The lowest BCUT2D eigenvalue weighted by Crippen LogP contribution is -2.50. The molecule has 0 heterocycles. The number of benzene rings is 1. The quantitative estimate of drug-likeness (QED) is 0.810. The van der Waals surface area contributed by atoms with Crippen molar-refractivity contribution in [1.29, 1.82) is 0 Å². The first-order chi connectivity index (χ1) is 9.27. The second kappa shape index (κ2) is 6.38. The van der Waals surface area contributed by atoms with Gasteiger partial charge in [-0.2, -0.15) is 13.2 Å². The number of carbonyl (C=O) groups is 2. The van der Waals surface area contributed by atoms with Crippen molar-refractivity contribution in [2.75, 3.05) is 7.11 Å². The molecule has 8 heteroatoms. The SMILES string of the molecule is COC(=O)[C@@H](NC(=O)C(F)(F)F)[C@@H](O)c1ccccc1. The number of aliphatic hydroxyl groups excluding tert-OH is 1. The number of esters is 1. The van der Waals surface area contributed by atoms with Crippen molar-refractivity contribution in [1.82, 2.24) is 5.32 Å². The average Bonchev–Trinajstić information content (AvgIpc) is 2.42. The van der Waals surface area contributed by atoms with Crippen molar-refractivity contribution in [3.63, 3.8) is 0 Å². The van der Waals surface area contributed by atoms with E-state index in [4.69, 9.17) is 0 Å². The molecule has 5 nitrogen and oxygen atoms in total. The van der Waals surface area contributed by atoms with Crippen molar-refractivity contribution in [3.05, 3.63) is 35.9 Å². The Morgan fingerprint density at radius 1 is 1.25 bits per heavy atom. The van der Waals surface area contributed by atoms with E-state index in [0.29, 0.717) is 0 Å². The van der Waals surface area contributed by atoms with Crippen LogP contribution in [0.3, 0.4) is 0 Å². The number of aliphatic hydroxyl groups is 1. The summed E-state index contributed by atoms with van der Waals surface area (Å²) in [6.45, 7) is 0. The maximum Gasteiger partial charge on any atom is 0.471 e. The summed E-state index contributed by atoms with van der Waals surface area (Å²) in [5.74, 6) is -3.51. The van der Waals surface area contributed by atoms with E-state index < -0.39 is 30.2 Å². The molecule has 1 rings (SSSR count). The van der Waals surface area contributed by atoms with Crippen LogP contribution in [0.4, 0.5) is 13.2 Å². The summed E-state index contributed by atoms with van der Waals surface area (Å²) in [4.78, 5) is 22.3. The van der Waals surface area contributed by atoms with Crippen LogP contribution in [0.15, 0.2) is 30.3 Å². The van der Waals surface area contributed by atoms with Gasteiger partial charge in [0.05, 0.1) is 7.11 Å². The largest absolute Gasteiger partial charge is 0.471 e. The van der Waals surface area contributed by atoms with E-state index in [0.717, 1.165) is 7.11 Å². The van der Waals surface area contributed by atoms with Crippen LogP contribution in [0.1, 0.15) is 11.7 Å². The van der Waals surface area contributed by atoms with E-state index in [9.17, 15) is 27.9 Å². The van der Waals surface area contributed by atoms with Crippen LogP contribution in [0.25, 0.3) is 0 Å². The van der Waals surface area contributed by atoms with E-state index in [2.05, 4.69) is 4.74 Å². The van der Waals surface area contributed by atoms with Gasteiger partial charge in [-0.25, -0.2) is 4.79 Å². The van der Waals surface area contributed by atoms with Gasteiger partial charge in [-0.1, -0.05) is 30.3 Å². The van der Waals surface area contributed by atoms with Crippen LogP contribution in [0.5, 0.6) is 0 Å². The number of hydrogen-bond donors (Lipinski definition) is 2. The normalized spacial score (nSPS) is 14.2. The number of rotatable bonds is 4. The predicted molar refractivity (Wildman–Crippen MR) is 61.4 cm³/mol. The highest BCUT2D eigenvalue weighted by Gasteiger charge is 2.42. The first-order valence-corrected chi connectivity index (χ1v) is 5.46. The standard InChI is InChI=1S/C12H12F3NO4/c1-20-10(18)8(16-11(19)12(13,14)15)9(17)7-5-3-2-4-6-7/h2-6,8-9,17H,1H3,(H,16,19)/t8-,9-/m0/s1. The van der Waals surface area contributed by atoms with Crippen LogP contribution in [-0.2, 0) is 14.3 Å². The van der Waals surface area contributed by atoms with Crippen LogP contribution in [0.2, 0.25) is 0 Å². The van der Waals surface area contributed by atoms with Gasteiger partial charge in [0.25, 0.3) is 0 Å². The lowest BCUT2D eigenvalue weighted by molar-refractivity contribution is -0.177. The highest BCUT2D eigenvalue weighted by Crippen LogP contribution is 2.20. The molecule has 0 spiro atoms. The molecule has 2 N–H and O–H groups in total. The molecule has 1 aromatic rings. The van der Waals surface area contributed by atoms with E-state index in [-0.39, 0.29) is 5.56 Å². The van der Waals surface area contributed by atoms with E-state index >= 15 is 0 Å². The third kappa shape index (κ3) is 3.95. The van der Waals surface area contributed by atoms with Gasteiger partial charge < -0.3 is 15.2 Å². The molecule has 0 fully saturated rings. The fraction of sp³-hybridized carbons (Fsp3) is 0.333. The summed E-state index contributed by atoms with van der Waals surface area (Å²) in [5, 5.41) is 11.3. The monoisotopic (exact) mass is 291 g/mol. The summed E-state index contributed by atoms with van der Waals surface area (Å²) in [5.41, 5.74) is 0.172. The number of methoxy groups -OCH3 is 1. The minimum atomic E-state index is -5.16. The Labute approximate surface area is 112 Å². The van der Waals surface area contributed by atoms with E-state index in [1.165, 1.54) is 29.6 Å². The van der Waals surface area contributed by atoms with Gasteiger partial charge in [0.15, 0.2) is 6.04 Å². The van der Waals surface area contributed by atoms with Crippen molar-refractivity contribution < 1.29 is 32.6 Å². The van der Waals surface area contributed by atoms with Crippen molar-refractivity contribution >= 4 is 11.9 Å². The highest BCUT2D eigenvalue weighted by molar-refractivity contribution is 5.88. The van der Waals surface area contributed by atoms with Gasteiger partial charge in [-0.3, -0.25) is 4.79 Å². The van der Waals surface area contributed by atoms with Crippen molar-refractivity contribution in [2.45, 2.75) is 18.3 Å². The van der Waals surface area contributed by atoms with Crippen molar-refractivity contribution in [3.8, 4) is 0 Å². The zero-order valence-corrected chi connectivity index (χ0v) is 10.3. The molecule has 0 saturated carbocycles. The predicted octanol–water partition coefficient (Wildman–Crippen LogP) is 0.940. The van der Waals surface area contributed by atoms with Crippen molar-refractivity contribution in [2.24, 2.45) is 0 Å². The lowest BCUT2D eigenvalue weighted by atomic mass is 10.0. The third-order valence-electron chi connectivity index (χ3n) is 2.46. The maximum atomic E-state index is 12.2. The minimum Gasteiger partial charge on any atom is -0.467 e. The summed E-state index contributed by atoms with van der Waals surface area (Å²) in [6.07, 6.45) is -6.82. The molecule has 0 unspecified atom stereocenters. The molecule has 1 amide bonds. The Balaban J connectivity index is 2.96. The molecule has 0 aliphatic carbocycles. The fourth-order valence-corrected chi connectivity index (χ4v) is 1.46. The average molecular weight is 291 g/mol. The van der Waals surface area contributed by atoms with Crippen LogP contribution < -0.4 is 5.32 Å². The topological polar surface area (TPSA) is 75.6 Å². The summed E-state index contributed by atoms with van der Waals surface area (Å²) in [7, 11) is 0.937. The molecule has 0 saturated heterocycles. The molecule has 0 radical (unpaired) electrons. The maximum absolute atomic E-state index is 12.2. The number of hydrogen-bond acceptors (Lipinski definition) is 4. The Bertz CT molecular complexity index is 475. The van der Waals surface area contributed by atoms with E-state index in [1.54, 1.807) is 6.07 Å². The number of halogens is 3. The number of amides is 1. The zero-order valence-electron chi connectivity index (χ0n) is 10.3. The van der Waals surface area contributed by atoms with E-state index in [1.807, 2.05) is 0 Å². The first-order valence-electron chi connectivity index (χ1n) is 5.46. The molecule has 2 atom stereocenters. The molecular formula is C12H12F3NO4. The third-order valence-corrected chi connectivity index (χ3v) is 2.46. The Kier molecular flexibility index (Phi) is 5.09. The molecular weight excluding hydrogens is 279 g/mol. The molecule has 0 bridgehead atoms. The van der Waals surface area contributed by atoms with Crippen LogP contribution >= 0.6 is 0 Å². The Morgan fingerprint density at radius 3 is 2.25 bits per heavy atom. The summed E-state index contributed by atoms with van der Waals surface area (Å²) >= 11 is 0. The number of nitrogens with one attached hydrogen (secondary N) is 1. The number of ether oxygens (including phenoxy) is 1. The minimum absolute atomic E-state index is 0.172. The Morgan fingerprint density at radius 2 is 1.80 bits per heavy atom. The first kappa shape index (κ1) is 16.0. The fourth-order valence-electron chi connectivity index (χ4n) is 1.46. The highest BCUT2D eigenvalue weighted by atomic mass is 19.4. The molecule has 0 aliphatic heterocycles. The van der Waals surface area contributed by atoms with Gasteiger partial charge in [0.2, 0.25) is 0 Å². The van der Waals surface area contributed by atoms with Crippen LogP contribution in [-0.4, -0.2) is 36.3 Å². The smallest absolute Gasteiger partial charge is 0.467 e. The number of alkyl halides is 3. The molecule has 0 aromatic heterocycles. The molecule has 0 aliphatic rings. The zero-order chi connectivity index (χ0) is 15.3. The van der Waals surface area contributed by atoms with Gasteiger partial charge in [-0.05, 0) is 5.56 Å². The Hall–Kier alpha value is -2.09. The van der Waals surface area contributed by atoms with Crippen LogP contribution in [0, 0.1) is 0 Å². The number of carbonyl (C=O) groups excluding carboxylic acids is 2.